The first-order chi connectivity index (χ1) is 13.8. The molecule has 6 rings (SSSR count). The number of amidine groups is 1. The third kappa shape index (κ3) is 3.37. The molecule has 152 valence electrons. The summed E-state index contributed by atoms with van der Waals surface area (Å²) in [6.07, 6.45) is 3.33. The Morgan fingerprint density at radius 1 is 1.14 bits per heavy atom. The number of nitrogens with zero attached hydrogens (tertiary/aromatic N) is 2. The first-order valence-electron chi connectivity index (χ1n) is 10.1. The molecule has 0 unspecified atom stereocenters. The van der Waals surface area contributed by atoms with E-state index in [1.165, 1.54) is 10.7 Å². The zero-order valence-corrected chi connectivity index (χ0v) is 18.3. The summed E-state index contributed by atoms with van der Waals surface area (Å²) < 4.78 is 16.5. The predicted octanol–water partition coefficient (Wildman–Crippen LogP) is 5.69. The molecule has 3 nitrogen and oxygen atoms in total. The molecular weight excluding hydrogens is 405 g/mol. The molecule has 3 aliphatic carbocycles. The van der Waals surface area contributed by atoms with Gasteiger partial charge < -0.3 is 5.32 Å². The maximum atomic E-state index is 14.0. The van der Waals surface area contributed by atoms with Crippen molar-refractivity contribution in [1.29, 1.82) is 0 Å². The molecule has 0 amide bonds. The number of hydrogen-bond acceptors (Lipinski definition) is 4. The molecule has 0 aromatic heterocycles. The van der Waals surface area contributed by atoms with Crippen molar-refractivity contribution in [3.63, 3.8) is 0 Å². The maximum Gasteiger partial charge on any atom is 0.142 e. The monoisotopic (exact) mass is 429 g/mol. The van der Waals surface area contributed by atoms with Gasteiger partial charge in [0, 0.05) is 22.4 Å². The molecule has 1 heterocycles. The normalized spacial score (nSPS) is 29.1. The zero-order chi connectivity index (χ0) is 20.3. The minimum Gasteiger partial charge on any atom is -0.367 e. The van der Waals surface area contributed by atoms with E-state index < -0.39 is 0 Å². The van der Waals surface area contributed by atoms with Crippen LogP contribution in [0.5, 0.6) is 0 Å². The molecule has 2 aromatic carbocycles. The van der Waals surface area contributed by atoms with Gasteiger partial charge in [-0.25, -0.2) is 8.70 Å². The van der Waals surface area contributed by atoms with Crippen molar-refractivity contribution in [2.24, 2.45) is 10.4 Å². The molecule has 2 aromatic rings. The van der Waals surface area contributed by atoms with Crippen LogP contribution in [0.2, 0.25) is 5.02 Å². The van der Waals surface area contributed by atoms with Gasteiger partial charge in [0.15, 0.2) is 0 Å². The highest BCUT2D eigenvalue weighted by Crippen LogP contribution is 2.72. The topological polar surface area (TPSA) is 27.6 Å². The third-order valence-electron chi connectivity index (χ3n) is 6.39. The maximum absolute atomic E-state index is 14.0. The molecule has 1 N–H and O–H groups in total. The molecule has 0 atom stereocenters. The lowest BCUT2D eigenvalue weighted by molar-refractivity contribution is -0.147. The van der Waals surface area contributed by atoms with Crippen molar-refractivity contribution < 1.29 is 4.39 Å². The number of rotatable bonds is 6. The highest BCUT2D eigenvalue weighted by molar-refractivity contribution is 7.97. The third-order valence-corrected chi connectivity index (χ3v) is 7.92. The first kappa shape index (κ1) is 19.4. The molecule has 4 aliphatic rings. The lowest BCUT2D eigenvalue weighted by atomic mass is 9.38. The molecule has 3 saturated carbocycles. The molecule has 0 saturated heterocycles. The predicted molar refractivity (Wildman–Crippen MR) is 118 cm³/mol. The van der Waals surface area contributed by atoms with E-state index in [2.05, 4.69) is 47.7 Å². The average Bonchev–Trinajstić information content (AvgIpc) is 2.96. The van der Waals surface area contributed by atoms with Crippen molar-refractivity contribution in [3.05, 3.63) is 64.9 Å². The van der Waals surface area contributed by atoms with Crippen LogP contribution in [0.15, 0.2) is 58.4 Å². The van der Waals surface area contributed by atoms with Gasteiger partial charge >= 0.3 is 0 Å². The number of hydrogen-bond donors (Lipinski definition) is 1. The first-order valence-corrected chi connectivity index (χ1v) is 11.2. The molecule has 6 heteroatoms. The molecule has 3 fully saturated rings. The Kier molecular flexibility index (Phi) is 4.50. The zero-order valence-electron chi connectivity index (χ0n) is 16.7. The Morgan fingerprint density at radius 2 is 1.86 bits per heavy atom. The van der Waals surface area contributed by atoms with Gasteiger partial charge in [0.25, 0.3) is 0 Å². The van der Waals surface area contributed by atoms with Crippen LogP contribution >= 0.6 is 23.5 Å². The molecule has 1 aliphatic heterocycles. The minimum absolute atomic E-state index is 0.0667. The Balaban J connectivity index is 1.35. The van der Waals surface area contributed by atoms with Crippen LogP contribution in [0.25, 0.3) is 0 Å². The molecular formula is C23H25ClFN3S. The van der Waals surface area contributed by atoms with Gasteiger partial charge in [0.1, 0.15) is 11.7 Å². The second-order valence-electron chi connectivity index (χ2n) is 9.40. The standard InChI is InChI=1S/C23H25ClFN3S/c1-21(2)15-26-20(27-21)22-12-23(13-22,14-22)28(29-17-6-4-3-5-7-17)11-16-8-9-18(24)19(25)10-16/h3-10H,11-15H2,1-2H3,(H,26,27). The van der Waals surface area contributed by atoms with Gasteiger partial charge in [0.05, 0.1) is 17.1 Å². The fraction of sp³-hybridized carbons (Fsp3) is 0.435. The van der Waals surface area contributed by atoms with Gasteiger partial charge in [-0.3, -0.25) is 4.99 Å². The van der Waals surface area contributed by atoms with Crippen molar-refractivity contribution >= 4 is 29.4 Å². The Bertz CT molecular complexity index is 956. The van der Waals surface area contributed by atoms with E-state index in [-0.39, 0.29) is 27.3 Å². The molecule has 0 spiro atoms. The summed E-state index contributed by atoms with van der Waals surface area (Å²) in [6.45, 7) is 5.95. The van der Waals surface area contributed by atoms with Crippen molar-refractivity contribution in [1.82, 2.24) is 9.62 Å². The lowest BCUT2D eigenvalue weighted by Crippen LogP contribution is -2.77. The van der Waals surface area contributed by atoms with E-state index in [1.54, 1.807) is 24.1 Å². The van der Waals surface area contributed by atoms with Crippen LogP contribution in [0.3, 0.4) is 0 Å². The van der Waals surface area contributed by atoms with Gasteiger partial charge in [-0.05, 0) is 74.9 Å². The van der Waals surface area contributed by atoms with E-state index in [9.17, 15) is 4.39 Å². The number of nitrogens with one attached hydrogen (secondary N) is 1. The second kappa shape index (κ2) is 6.73. The molecule has 2 bridgehead atoms. The molecule has 29 heavy (non-hydrogen) atoms. The van der Waals surface area contributed by atoms with E-state index in [1.807, 2.05) is 12.1 Å². The number of halogens is 2. The van der Waals surface area contributed by atoms with Crippen LogP contribution < -0.4 is 5.32 Å². The van der Waals surface area contributed by atoms with E-state index >= 15 is 0 Å². The van der Waals surface area contributed by atoms with E-state index in [4.69, 9.17) is 16.6 Å². The van der Waals surface area contributed by atoms with Crippen molar-refractivity contribution in [2.45, 2.75) is 55.6 Å². The second-order valence-corrected chi connectivity index (χ2v) is 10.9. The SMILES string of the molecule is CC1(C)CN=C(C23CC(N(Cc4ccc(Cl)c(F)c4)Sc4ccccc4)(C2)C3)N1. The molecule has 0 radical (unpaired) electrons. The van der Waals surface area contributed by atoms with Crippen LogP contribution in [0.1, 0.15) is 38.7 Å². The minimum atomic E-state index is -0.352. The highest BCUT2D eigenvalue weighted by atomic mass is 35.5. The van der Waals surface area contributed by atoms with Crippen LogP contribution in [0, 0.1) is 11.2 Å². The lowest BCUT2D eigenvalue weighted by Gasteiger charge is -2.73. The van der Waals surface area contributed by atoms with Crippen LogP contribution in [-0.2, 0) is 6.54 Å². The Morgan fingerprint density at radius 3 is 2.48 bits per heavy atom. The summed E-state index contributed by atoms with van der Waals surface area (Å²) in [7, 11) is 0. The van der Waals surface area contributed by atoms with E-state index in [0.29, 0.717) is 6.54 Å². The van der Waals surface area contributed by atoms with Crippen LogP contribution in [0.4, 0.5) is 4.39 Å². The van der Waals surface area contributed by atoms with Gasteiger partial charge in [-0.15, -0.1) is 0 Å². The quantitative estimate of drug-likeness (QED) is 0.597. The summed E-state index contributed by atoms with van der Waals surface area (Å²) in [5.41, 5.74) is 1.38. The highest BCUT2D eigenvalue weighted by Gasteiger charge is 2.73. The summed E-state index contributed by atoms with van der Waals surface area (Å²) in [5.74, 6) is 0.848. The Labute approximate surface area is 180 Å². The van der Waals surface area contributed by atoms with Crippen LogP contribution in [-0.4, -0.2) is 27.8 Å². The van der Waals surface area contributed by atoms with Gasteiger partial charge in [-0.2, -0.15) is 0 Å². The smallest absolute Gasteiger partial charge is 0.142 e. The van der Waals surface area contributed by atoms with Crippen molar-refractivity contribution in [2.75, 3.05) is 6.54 Å². The fourth-order valence-electron chi connectivity index (χ4n) is 4.94. The largest absolute Gasteiger partial charge is 0.367 e. The summed E-state index contributed by atoms with van der Waals surface area (Å²) in [6, 6.07) is 15.6. The number of benzene rings is 2. The van der Waals surface area contributed by atoms with Gasteiger partial charge in [-0.1, -0.05) is 35.9 Å². The summed E-state index contributed by atoms with van der Waals surface area (Å²) in [5, 5.41) is 3.81. The average molecular weight is 430 g/mol. The fourth-order valence-corrected chi connectivity index (χ4v) is 6.19. The van der Waals surface area contributed by atoms with E-state index in [0.717, 1.165) is 31.4 Å². The van der Waals surface area contributed by atoms with Gasteiger partial charge in [0.2, 0.25) is 0 Å². The summed E-state index contributed by atoms with van der Waals surface area (Å²) >= 11 is 7.66. The Hall–Kier alpha value is -1.56. The van der Waals surface area contributed by atoms with Crippen molar-refractivity contribution in [3.8, 4) is 0 Å². The summed E-state index contributed by atoms with van der Waals surface area (Å²) in [4.78, 5) is 6.02. The number of aliphatic imine (C=N–C) groups is 1.